The fourth-order valence-electron chi connectivity index (χ4n) is 1.46. The van der Waals surface area contributed by atoms with Crippen LogP contribution in [0.4, 0.5) is 0 Å². The highest BCUT2D eigenvalue weighted by molar-refractivity contribution is 7.99. The Kier molecular flexibility index (Phi) is 4.75. The maximum atomic E-state index is 5.68. The standard InChI is InChI=1S/C10H14ClNOS2/c11-3-1-2-8-6-15-10(12-8)9-7-14-5-4-13-9/h6,9H,1-5,7H2. The van der Waals surface area contributed by atoms with E-state index in [1.807, 2.05) is 11.8 Å². The number of thiazole rings is 1. The van der Waals surface area contributed by atoms with Crippen LogP contribution >= 0.6 is 34.7 Å². The van der Waals surface area contributed by atoms with Crippen molar-refractivity contribution in [2.24, 2.45) is 0 Å². The molecular formula is C10H14ClNOS2. The molecule has 0 aliphatic carbocycles. The third-order valence-electron chi connectivity index (χ3n) is 2.23. The van der Waals surface area contributed by atoms with Crippen LogP contribution in [0.25, 0.3) is 0 Å². The third-order valence-corrected chi connectivity index (χ3v) is 4.47. The van der Waals surface area contributed by atoms with Crippen molar-refractivity contribution in [1.82, 2.24) is 4.98 Å². The smallest absolute Gasteiger partial charge is 0.123 e. The molecule has 2 nitrogen and oxygen atoms in total. The van der Waals surface area contributed by atoms with Crippen molar-refractivity contribution in [3.05, 3.63) is 16.1 Å². The molecule has 5 heteroatoms. The molecule has 2 rings (SSSR count). The highest BCUT2D eigenvalue weighted by Gasteiger charge is 2.19. The highest BCUT2D eigenvalue weighted by Crippen LogP contribution is 2.28. The first-order valence-electron chi connectivity index (χ1n) is 5.10. The molecule has 1 saturated heterocycles. The number of thioether (sulfide) groups is 1. The third kappa shape index (κ3) is 3.34. The zero-order valence-corrected chi connectivity index (χ0v) is 10.8. The van der Waals surface area contributed by atoms with Crippen LogP contribution in [0.2, 0.25) is 0 Å². The Labute approximate surface area is 103 Å². The van der Waals surface area contributed by atoms with Crippen LogP contribution in [-0.2, 0) is 11.2 Å². The average molecular weight is 264 g/mol. The molecule has 1 aromatic rings. The van der Waals surface area contributed by atoms with Crippen molar-refractivity contribution in [2.75, 3.05) is 24.0 Å². The molecule has 0 saturated carbocycles. The van der Waals surface area contributed by atoms with Gasteiger partial charge >= 0.3 is 0 Å². The second-order valence-electron chi connectivity index (χ2n) is 3.40. The quantitative estimate of drug-likeness (QED) is 0.780. The van der Waals surface area contributed by atoms with Gasteiger partial charge in [-0.15, -0.1) is 22.9 Å². The van der Waals surface area contributed by atoms with Gasteiger partial charge in [0.2, 0.25) is 0 Å². The Morgan fingerprint density at radius 3 is 3.27 bits per heavy atom. The van der Waals surface area contributed by atoms with Gasteiger partial charge in [-0.25, -0.2) is 4.98 Å². The number of hydrogen-bond acceptors (Lipinski definition) is 4. The number of halogens is 1. The second-order valence-corrected chi connectivity index (χ2v) is 5.82. The van der Waals surface area contributed by atoms with Gasteiger partial charge in [-0.1, -0.05) is 0 Å². The van der Waals surface area contributed by atoms with Crippen molar-refractivity contribution >= 4 is 34.7 Å². The summed E-state index contributed by atoms with van der Waals surface area (Å²) in [7, 11) is 0. The monoisotopic (exact) mass is 263 g/mol. The highest BCUT2D eigenvalue weighted by atomic mass is 35.5. The maximum absolute atomic E-state index is 5.68. The van der Waals surface area contributed by atoms with E-state index in [-0.39, 0.29) is 6.10 Å². The molecule has 1 atom stereocenters. The summed E-state index contributed by atoms with van der Waals surface area (Å²) in [6, 6.07) is 0. The van der Waals surface area contributed by atoms with Gasteiger partial charge in [-0.3, -0.25) is 0 Å². The minimum Gasteiger partial charge on any atom is -0.369 e. The zero-order chi connectivity index (χ0) is 10.5. The molecule has 0 aromatic carbocycles. The molecule has 0 spiro atoms. The van der Waals surface area contributed by atoms with Crippen LogP contribution < -0.4 is 0 Å². The fourth-order valence-corrected chi connectivity index (χ4v) is 3.45. The summed E-state index contributed by atoms with van der Waals surface area (Å²) in [6.07, 6.45) is 2.21. The van der Waals surface area contributed by atoms with E-state index in [1.54, 1.807) is 11.3 Å². The molecule has 1 aromatic heterocycles. The predicted molar refractivity (Wildman–Crippen MR) is 67.2 cm³/mol. The molecule has 84 valence electrons. The molecular weight excluding hydrogens is 250 g/mol. The summed E-state index contributed by atoms with van der Waals surface area (Å²) >= 11 is 9.31. The van der Waals surface area contributed by atoms with E-state index >= 15 is 0 Å². The minimum absolute atomic E-state index is 0.221. The van der Waals surface area contributed by atoms with Crippen LogP contribution in [0.15, 0.2) is 5.38 Å². The van der Waals surface area contributed by atoms with Crippen molar-refractivity contribution in [3.63, 3.8) is 0 Å². The molecule has 0 radical (unpaired) electrons. The molecule has 2 heterocycles. The minimum atomic E-state index is 0.221. The summed E-state index contributed by atoms with van der Waals surface area (Å²) in [4.78, 5) is 4.59. The normalized spacial score (nSPS) is 21.8. The van der Waals surface area contributed by atoms with Crippen LogP contribution in [0.5, 0.6) is 0 Å². The van der Waals surface area contributed by atoms with E-state index in [0.29, 0.717) is 5.88 Å². The van der Waals surface area contributed by atoms with Gasteiger partial charge in [0, 0.05) is 22.8 Å². The summed E-state index contributed by atoms with van der Waals surface area (Å²) in [5.41, 5.74) is 1.16. The molecule has 1 unspecified atom stereocenters. The molecule has 1 fully saturated rings. The average Bonchev–Trinajstić information content (AvgIpc) is 2.76. The lowest BCUT2D eigenvalue weighted by Crippen LogP contribution is -2.15. The summed E-state index contributed by atoms with van der Waals surface area (Å²) in [6.45, 7) is 0.853. The number of aromatic nitrogens is 1. The lowest BCUT2D eigenvalue weighted by atomic mass is 10.3. The van der Waals surface area contributed by atoms with Crippen molar-refractivity contribution in [1.29, 1.82) is 0 Å². The Morgan fingerprint density at radius 1 is 1.60 bits per heavy atom. The van der Waals surface area contributed by atoms with Gasteiger partial charge in [0.1, 0.15) is 11.1 Å². The SMILES string of the molecule is ClCCCc1csc(C2CSCCO2)n1. The van der Waals surface area contributed by atoms with Gasteiger partial charge in [0.05, 0.1) is 12.3 Å². The molecule has 0 N–H and O–H groups in total. The van der Waals surface area contributed by atoms with Gasteiger partial charge in [-0.2, -0.15) is 11.8 Å². The van der Waals surface area contributed by atoms with E-state index in [9.17, 15) is 0 Å². The topological polar surface area (TPSA) is 22.1 Å². The first-order chi connectivity index (χ1) is 7.40. The summed E-state index contributed by atoms with van der Waals surface area (Å²) in [5.74, 6) is 2.87. The Morgan fingerprint density at radius 2 is 2.53 bits per heavy atom. The van der Waals surface area contributed by atoms with E-state index in [4.69, 9.17) is 16.3 Å². The zero-order valence-electron chi connectivity index (χ0n) is 8.45. The second kappa shape index (κ2) is 6.09. The largest absolute Gasteiger partial charge is 0.369 e. The molecule has 0 amide bonds. The van der Waals surface area contributed by atoms with Gasteiger partial charge in [0.25, 0.3) is 0 Å². The van der Waals surface area contributed by atoms with Gasteiger partial charge in [0.15, 0.2) is 0 Å². The summed E-state index contributed by atoms with van der Waals surface area (Å²) < 4.78 is 5.68. The number of aryl methyl sites for hydroxylation is 1. The van der Waals surface area contributed by atoms with Crippen LogP contribution in [0.3, 0.4) is 0 Å². The van der Waals surface area contributed by atoms with Crippen molar-refractivity contribution in [2.45, 2.75) is 18.9 Å². The molecule has 1 aliphatic heterocycles. The number of ether oxygens (including phenoxy) is 1. The van der Waals surface area contributed by atoms with Crippen LogP contribution in [0.1, 0.15) is 23.2 Å². The number of nitrogens with zero attached hydrogens (tertiary/aromatic N) is 1. The lowest BCUT2D eigenvalue weighted by Gasteiger charge is -2.19. The first kappa shape index (κ1) is 11.7. The molecule has 0 bridgehead atoms. The Balaban J connectivity index is 1.93. The number of rotatable bonds is 4. The van der Waals surface area contributed by atoms with E-state index in [2.05, 4.69) is 10.4 Å². The lowest BCUT2D eigenvalue weighted by molar-refractivity contribution is 0.0754. The molecule has 1 aliphatic rings. The van der Waals surface area contributed by atoms with Crippen molar-refractivity contribution < 1.29 is 4.74 Å². The number of alkyl halides is 1. The maximum Gasteiger partial charge on any atom is 0.123 e. The van der Waals surface area contributed by atoms with E-state index in [1.165, 1.54) is 0 Å². The van der Waals surface area contributed by atoms with Gasteiger partial charge in [-0.05, 0) is 12.8 Å². The summed E-state index contributed by atoms with van der Waals surface area (Å²) in [5, 5.41) is 3.26. The van der Waals surface area contributed by atoms with Crippen molar-refractivity contribution in [3.8, 4) is 0 Å². The Hall–Kier alpha value is 0.230. The first-order valence-corrected chi connectivity index (χ1v) is 7.66. The fraction of sp³-hybridized carbons (Fsp3) is 0.700. The van der Waals surface area contributed by atoms with Gasteiger partial charge < -0.3 is 4.74 Å². The van der Waals surface area contributed by atoms with Crippen LogP contribution in [-0.4, -0.2) is 29.0 Å². The van der Waals surface area contributed by atoms with Crippen LogP contribution in [0, 0.1) is 0 Å². The Bertz CT molecular complexity index is 299. The molecule has 15 heavy (non-hydrogen) atoms. The van der Waals surface area contributed by atoms with E-state index in [0.717, 1.165) is 41.7 Å². The van der Waals surface area contributed by atoms with E-state index < -0.39 is 0 Å². The predicted octanol–water partition coefficient (Wildman–Crippen LogP) is 3.12. The number of hydrogen-bond donors (Lipinski definition) is 0.